The van der Waals surface area contributed by atoms with Gasteiger partial charge in [0.2, 0.25) is 0 Å². The van der Waals surface area contributed by atoms with Crippen molar-refractivity contribution in [1.82, 2.24) is 15.1 Å². The summed E-state index contributed by atoms with van der Waals surface area (Å²) >= 11 is 0. The predicted molar refractivity (Wildman–Crippen MR) is 96.8 cm³/mol. The molecule has 0 spiro atoms. The van der Waals surface area contributed by atoms with E-state index in [4.69, 9.17) is 0 Å². The molecule has 1 heterocycles. The molecule has 1 aliphatic rings. The van der Waals surface area contributed by atoms with Gasteiger partial charge >= 0.3 is 6.03 Å². The third-order valence-corrected chi connectivity index (χ3v) is 4.47. The van der Waals surface area contributed by atoms with Gasteiger partial charge in [-0.15, -0.1) is 0 Å². The number of hydrogen-bond acceptors (Lipinski definition) is 3. The first-order valence-electron chi connectivity index (χ1n) is 8.83. The number of carbonyl (C=O) groups is 1. The third kappa shape index (κ3) is 6.13. The van der Waals surface area contributed by atoms with E-state index in [1.807, 2.05) is 11.0 Å². The highest BCUT2D eigenvalue weighted by Gasteiger charge is 2.24. The molecule has 1 unspecified atom stereocenters. The van der Waals surface area contributed by atoms with Crippen molar-refractivity contribution in [2.24, 2.45) is 5.41 Å². The summed E-state index contributed by atoms with van der Waals surface area (Å²) in [5.41, 5.74) is 1.22. The van der Waals surface area contributed by atoms with E-state index < -0.39 is 0 Å². The van der Waals surface area contributed by atoms with Gasteiger partial charge in [0.15, 0.2) is 0 Å². The van der Waals surface area contributed by atoms with Crippen molar-refractivity contribution in [1.29, 1.82) is 0 Å². The average molecular weight is 333 g/mol. The van der Waals surface area contributed by atoms with Crippen LogP contribution in [0.2, 0.25) is 0 Å². The van der Waals surface area contributed by atoms with Crippen molar-refractivity contribution in [3.8, 4) is 0 Å². The molecule has 1 saturated heterocycles. The van der Waals surface area contributed by atoms with Crippen LogP contribution in [0.5, 0.6) is 0 Å². The van der Waals surface area contributed by atoms with Crippen LogP contribution in [0.1, 0.15) is 32.8 Å². The summed E-state index contributed by atoms with van der Waals surface area (Å²) < 4.78 is 0. The Kier molecular flexibility index (Phi) is 6.63. The molecule has 0 saturated carbocycles. The van der Waals surface area contributed by atoms with Crippen molar-refractivity contribution >= 4 is 6.03 Å². The first-order chi connectivity index (χ1) is 11.4. The standard InChI is InChI=1S/C19H31N3O2/c1-16(23)13-19(2,3)15-20-18(24)22-11-9-21(10-12-22)14-17-7-5-4-6-8-17/h4-8,16,23H,9-15H2,1-3H3,(H,20,24). The predicted octanol–water partition coefficient (Wildman–Crippen LogP) is 2.31. The highest BCUT2D eigenvalue weighted by molar-refractivity contribution is 5.74. The third-order valence-electron chi connectivity index (χ3n) is 4.47. The molecule has 1 fully saturated rings. The smallest absolute Gasteiger partial charge is 0.317 e. The molecule has 2 amide bonds. The number of piperazine rings is 1. The molecular weight excluding hydrogens is 302 g/mol. The number of benzene rings is 1. The Morgan fingerprint density at radius 3 is 2.42 bits per heavy atom. The fourth-order valence-electron chi connectivity index (χ4n) is 3.25. The summed E-state index contributed by atoms with van der Waals surface area (Å²) in [5, 5.41) is 12.5. The molecule has 1 aliphatic heterocycles. The van der Waals surface area contributed by atoms with Crippen LogP contribution >= 0.6 is 0 Å². The maximum Gasteiger partial charge on any atom is 0.317 e. The lowest BCUT2D eigenvalue weighted by atomic mass is 9.87. The highest BCUT2D eigenvalue weighted by atomic mass is 16.3. The summed E-state index contributed by atoms with van der Waals surface area (Å²) in [6, 6.07) is 10.5. The van der Waals surface area contributed by atoms with Crippen molar-refractivity contribution in [2.45, 2.75) is 39.8 Å². The number of nitrogens with zero attached hydrogens (tertiary/aromatic N) is 2. The maximum absolute atomic E-state index is 12.3. The van der Waals surface area contributed by atoms with Crippen LogP contribution in [0.25, 0.3) is 0 Å². The van der Waals surface area contributed by atoms with Crippen LogP contribution in [-0.2, 0) is 6.54 Å². The van der Waals surface area contributed by atoms with E-state index in [-0.39, 0.29) is 17.6 Å². The molecule has 2 N–H and O–H groups in total. The maximum atomic E-state index is 12.3. The Bertz CT molecular complexity index is 509. The van der Waals surface area contributed by atoms with Crippen LogP contribution < -0.4 is 5.32 Å². The van der Waals surface area contributed by atoms with Gasteiger partial charge in [0.25, 0.3) is 0 Å². The number of carbonyl (C=O) groups excluding carboxylic acids is 1. The minimum Gasteiger partial charge on any atom is -0.393 e. The second kappa shape index (κ2) is 8.49. The van der Waals surface area contributed by atoms with Gasteiger partial charge in [0, 0.05) is 39.3 Å². The number of aliphatic hydroxyl groups is 1. The summed E-state index contributed by atoms with van der Waals surface area (Å²) in [6.07, 6.45) is 0.330. The van der Waals surface area contributed by atoms with E-state index in [1.165, 1.54) is 5.56 Å². The number of urea groups is 1. The van der Waals surface area contributed by atoms with E-state index >= 15 is 0 Å². The zero-order valence-corrected chi connectivity index (χ0v) is 15.2. The van der Waals surface area contributed by atoms with Crippen molar-refractivity contribution < 1.29 is 9.90 Å². The summed E-state index contributed by atoms with van der Waals surface area (Å²) in [6.45, 7) is 10.8. The fourth-order valence-corrected chi connectivity index (χ4v) is 3.25. The average Bonchev–Trinajstić information content (AvgIpc) is 2.53. The molecule has 2 rings (SSSR count). The van der Waals surface area contributed by atoms with Gasteiger partial charge < -0.3 is 15.3 Å². The Balaban J connectivity index is 1.72. The van der Waals surface area contributed by atoms with Crippen LogP contribution in [0.3, 0.4) is 0 Å². The number of hydrogen-bond donors (Lipinski definition) is 2. The second-order valence-corrected chi connectivity index (χ2v) is 7.62. The number of aliphatic hydroxyl groups excluding tert-OH is 1. The molecular formula is C19H31N3O2. The highest BCUT2D eigenvalue weighted by Crippen LogP contribution is 2.21. The van der Waals surface area contributed by atoms with Crippen molar-refractivity contribution in [3.63, 3.8) is 0 Å². The Hall–Kier alpha value is -1.59. The van der Waals surface area contributed by atoms with Gasteiger partial charge in [-0.25, -0.2) is 4.79 Å². The van der Waals surface area contributed by atoms with Gasteiger partial charge in [0.1, 0.15) is 0 Å². The fraction of sp³-hybridized carbons (Fsp3) is 0.632. The summed E-state index contributed by atoms with van der Waals surface area (Å²) in [5.74, 6) is 0. The largest absolute Gasteiger partial charge is 0.393 e. The number of rotatable bonds is 6. The van der Waals surface area contributed by atoms with Gasteiger partial charge in [-0.3, -0.25) is 4.90 Å². The lowest BCUT2D eigenvalue weighted by Crippen LogP contribution is -2.52. The summed E-state index contributed by atoms with van der Waals surface area (Å²) in [7, 11) is 0. The molecule has 134 valence electrons. The monoisotopic (exact) mass is 333 g/mol. The van der Waals surface area contributed by atoms with Gasteiger partial charge in [0.05, 0.1) is 6.10 Å². The van der Waals surface area contributed by atoms with Gasteiger partial charge in [-0.05, 0) is 24.3 Å². The molecule has 0 bridgehead atoms. The van der Waals surface area contributed by atoms with E-state index in [1.54, 1.807) is 6.92 Å². The molecule has 24 heavy (non-hydrogen) atoms. The van der Waals surface area contributed by atoms with E-state index in [0.717, 1.165) is 32.7 Å². The van der Waals surface area contributed by atoms with Crippen LogP contribution in [0.15, 0.2) is 30.3 Å². The molecule has 5 heteroatoms. The van der Waals surface area contributed by atoms with Crippen LogP contribution in [-0.4, -0.2) is 59.8 Å². The van der Waals surface area contributed by atoms with Gasteiger partial charge in [-0.1, -0.05) is 44.2 Å². The number of nitrogens with one attached hydrogen (secondary N) is 1. The SMILES string of the molecule is CC(O)CC(C)(C)CNC(=O)N1CCN(Cc2ccccc2)CC1. The molecule has 0 aliphatic carbocycles. The lowest BCUT2D eigenvalue weighted by molar-refractivity contribution is 0.118. The first-order valence-corrected chi connectivity index (χ1v) is 8.83. The second-order valence-electron chi connectivity index (χ2n) is 7.62. The zero-order chi connectivity index (χ0) is 17.6. The quantitative estimate of drug-likeness (QED) is 0.840. The molecule has 5 nitrogen and oxygen atoms in total. The summed E-state index contributed by atoms with van der Waals surface area (Å²) in [4.78, 5) is 16.6. The van der Waals surface area contributed by atoms with Crippen LogP contribution in [0.4, 0.5) is 4.79 Å². The first kappa shape index (κ1) is 18.7. The molecule has 1 aromatic rings. The molecule has 0 aromatic heterocycles. The molecule has 1 atom stereocenters. The number of amides is 2. The van der Waals surface area contributed by atoms with Crippen LogP contribution in [0, 0.1) is 5.41 Å². The van der Waals surface area contributed by atoms with E-state index in [9.17, 15) is 9.90 Å². The van der Waals surface area contributed by atoms with Crippen molar-refractivity contribution in [3.05, 3.63) is 35.9 Å². The minimum atomic E-state index is -0.349. The van der Waals surface area contributed by atoms with Gasteiger partial charge in [-0.2, -0.15) is 0 Å². The normalized spacial score (nSPS) is 17.6. The van der Waals surface area contributed by atoms with E-state index in [0.29, 0.717) is 13.0 Å². The Morgan fingerprint density at radius 2 is 1.83 bits per heavy atom. The molecule has 0 radical (unpaired) electrons. The zero-order valence-electron chi connectivity index (χ0n) is 15.2. The molecule has 1 aromatic carbocycles. The van der Waals surface area contributed by atoms with Crippen molar-refractivity contribution in [2.75, 3.05) is 32.7 Å². The topological polar surface area (TPSA) is 55.8 Å². The Morgan fingerprint density at radius 1 is 1.21 bits per heavy atom. The van der Waals surface area contributed by atoms with E-state index in [2.05, 4.69) is 48.3 Å². The lowest BCUT2D eigenvalue weighted by Gasteiger charge is -2.35. The Labute approximate surface area is 145 Å². The minimum absolute atomic E-state index is 0.00743.